The molecule has 154 valence electrons. The van der Waals surface area contributed by atoms with Gasteiger partial charge in [-0.05, 0) is 60.2 Å². The van der Waals surface area contributed by atoms with Crippen molar-refractivity contribution in [1.82, 2.24) is 4.31 Å². The largest absolute Gasteiger partial charge is 0.325 e. The minimum absolute atomic E-state index is 0.0648. The maximum atomic E-state index is 13.3. The summed E-state index contributed by atoms with van der Waals surface area (Å²) in [5.74, 6) is -0.467. The topological polar surface area (TPSA) is 83.6 Å². The van der Waals surface area contributed by atoms with Crippen molar-refractivity contribution in [2.24, 2.45) is 0 Å². The summed E-state index contributed by atoms with van der Waals surface area (Å²) in [7, 11) is -3.82. The van der Waals surface area contributed by atoms with E-state index in [1.807, 2.05) is 24.3 Å². The number of benzene rings is 2. The monoisotopic (exact) mass is 440 g/mol. The van der Waals surface area contributed by atoms with Gasteiger partial charge in [0.2, 0.25) is 5.91 Å². The van der Waals surface area contributed by atoms with E-state index in [4.69, 9.17) is 0 Å². The normalized spacial score (nSPS) is 16.6. The number of fused-ring (bicyclic) bond motifs is 1. The average Bonchev–Trinajstić information content (AvgIpc) is 3.29. The zero-order valence-corrected chi connectivity index (χ0v) is 17.9. The van der Waals surface area contributed by atoms with Crippen LogP contribution in [0.4, 0.5) is 5.69 Å². The zero-order chi connectivity index (χ0) is 21.3. The lowest BCUT2D eigenvalue weighted by molar-refractivity contribution is -0.120. The molecule has 0 bridgehead atoms. The molecule has 1 aliphatic rings. The Morgan fingerprint density at radius 3 is 2.33 bits per heavy atom. The highest BCUT2D eigenvalue weighted by Gasteiger charge is 2.40. The molecule has 2 aromatic carbocycles. The second-order valence-corrected chi connectivity index (χ2v) is 10.2. The molecule has 0 aliphatic carbocycles. The smallest absolute Gasteiger partial charge is 0.253 e. The summed E-state index contributed by atoms with van der Waals surface area (Å²) in [6.07, 6.45) is 0.290. The van der Waals surface area contributed by atoms with Gasteiger partial charge in [-0.3, -0.25) is 9.59 Å². The summed E-state index contributed by atoms with van der Waals surface area (Å²) in [5.41, 5.74) is 2.91. The van der Waals surface area contributed by atoms with Crippen LogP contribution in [-0.2, 0) is 27.8 Å². The lowest BCUT2D eigenvalue weighted by Crippen LogP contribution is -2.50. The Bertz CT molecular complexity index is 1190. The molecule has 1 aromatic heterocycles. The van der Waals surface area contributed by atoms with Gasteiger partial charge >= 0.3 is 0 Å². The molecule has 1 atom stereocenters. The summed E-state index contributed by atoms with van der Waals surface area (Å²) in [5, 5.41) is 4.51. The van der Waals surface area contributed by atoms with Gasteiger partial charge in [0.1, 0.15) is 10.3 Å². The van der Waals surface area contributed by atoms with E-state index in [9.17, 15) is 18.0 Å². The van der Waals surface area contributed by atoms with E-state index in [1.54, 1.807) is 41.8 Å². The number of carbonyl (C=O) groups excluding carboxylic acids is 2. The second-order valence-electron chi connectivity index (χ2n) is 7.09. The van der Waals surface area contributed by atoms with Crippen LogP contribution in [0.5, 0.6) is 0 Å². The molecule has 6 nitrogen and oxygen atoms in total. The first-order valence-electron chi connectivity index (χ1n) is 9.40. The summed E-state index contributed by atoms with van der Waals surface area (Å²) in [6, 6.07) is 16.5. The fourth-order valence-electron chi connectivity index (χ4n) is 3.51. The fraction of sp³-hybridized carbons (Fsp3) is 0.182. The van der Waals surface area contributed by atoms with E-state index >= 15 is 0 Å². The molecule has 0 saturated carbocycles. The van der Waals surface area contributed by atoms with Crippen molar-refractivity contribution in [1.29, 1.82) is 0 Å². The van der Waals surface area contributed by atoms with Crippen LogP contribution in [0.3, 0.4) is 0 Å². The lowest BCUT2D eigenvalue weighted by atomic mass is 9.95. The first-order chi connectivity index (χ1) is 14.4. The zero-order valence-electron chi connectivity index (χ0n) is 16.2. The van der Waals surface area contributed by atoms with Crippen LogP contribution in [-0.4, -0.2) is 30.5 Å². The summed E-state index contributed by atoms with van der Waals surface area (Å²) in [4.78, 5) is 24.6. The number of nitrogens with one attached hydrogen (secondary N) is 1. The van der Waals surface area contributed by atoms with Crippen molar-refractivity contribution >= 4 is 38.7 Å². The first-order valence-corrected chi connectivity index (χ1v) is 11.7. The number of rotatable bonds is 5. The third-order valence-corrected chi connectivity index (χ3v) is 8.35. The molecule has 3 aromatic rings. The summed E-state index contributed by atoms with van der Waals surface area (Å²) in [6.45, 7) is 1.61. The molecule has 0 saturated heterocycles. The molecule has 8 heteroatoms. The first kappa shape index (κ1) is 20.5. The van der Waals surface area contributed by atoms with Crippen molar-refractivity contribution in [2.45, 2.75) is 30.1 Å². The van der Waals surface area contributed by atoms with Crippen LogP contribution in [0.1, 0.15) is 28.4 Å². The van der Waals surface area contributed by atoms with Gasteiger partial charge in [0.25, 0.3) is 10.0 Å². The maximum absolute atomic E-state index is 13.3. The standard InChI is InChI=1S/C22H20N2O4S2/c1-15(25)16-8-10-19(11-9-16)23-22(26)20-13-17-5-2-3-6-18(17)14-24(20)30(27,28)21-7-4-12-29-21/h2-12,20H,13-14H2,1H3,(H,23,26)/t20-/m0/s1. The van der Waals surface area contributed by atoms with Gasteiger partial charge in [-0.1, -0.05) is 30.3 Å². The molecule has 0 unspecified atom stereocenters. The Morgan fingerprint density at radius 2 is 1.70 bits per heavy atom. The number of hydrogen-bond acceptors (Lipinski definition) is 5. The average molecular weight is 441 g/mol. The van der Waals surface area contributed by atoms with Gasteiger partial charge in [-0.2, -0.15) is 4.31 Å². The number of nitrogens with zero attached hydrogens (tertiary/aromatic N) is 1. The molecular formula is C22H20N2O4S2. The van der Waals surface area contributed by atoms with E-state index in [1.165, 1.54) is 11.2 Å². The number of sulfonamides is 1. The number of ketones is 1. The van der Waals surface area contributed by atoms with Crippen LogP contribution in [0.2, 0.25) is 0 Å². The number of thiophene rings is 1. The van der Waals surface area contributed by atoms with E-state index in [-0.39, 0.29) is 23.0 Å². The predicted octanol–water partition coefficient (Wildman–Crippen LogP) is 3.71. The van der Waals surface area contributed by atoms with Crippen molar-refractivity contribution in [3.05, 3.63) is 82.7 Å². The second kappa shape index (κ2) is 8.14. The van der Waals surface area contributed by atoms with Gasteiger partial charge in [0.05, 0.1) is 0 Å². The number of hydrogen-bond donors (Lipinski definition) is 1. The van der Waals surface area contributed by atoms with Crippen molar-refractivity contribution in [3.8, 4) is 0 Å². The quantitative estimate of drug-likeness (QED) is 0.613. The predicted molar refractivity (Wildman–Crippen MR) is 116 cm³/mol. The van der Waals surface area contributed by atoms with Crippen LogP contribution in [0.25, 0.3) is 0 Å². The highest BCUT2D eigenvalue weighted by molar-refractivity contribution is 7.91. The summed E-state index contributed by atoms with van der Waals surface area (Å²) >= 11 is 1.13. The van der Waals surface area contributed by atoms with E-state index in [0.717, 1.165) is 22.5 Å². The van der Waals surface area contributed by atoms with Gasteiger partial charge in [0.15, 0.2) is 5.78 Å². The Kier molecular flexibility index (Phi) is 5.55. The Morgan fingerprint density at radius 1 is 1.00 bits per heavy atom. The molecule has 2 heterocycles. The molecule has 1 aliphatic heterocycles. The van der Waals surface area contributed by atoms with Crippen LogP contribution in [0, 0.1) is 0 Å². The minimum Gasteiger partial charge on any atom is -0.325 e. The Hall–Kier alpha value is -2.81. The number of carbonyl (C=O) groups is 2. The lowest BCUT2D eigenvalue weighted by Gasteiger charge is -2.34. The van der Waals surface area contributed by atoms with Crippen LogP contribution < -0.4 is 5.32 Å². The van der Waals surface area contributed by atoms with Crippen molar-refractivity contribution in [2.75, 3.05) is 5.32 Å². The van der Waals surface area contributed by atoms with E-state index in [0.29, 0.717) is 11.3 Å². The maximum Gasteiger partial charge on any atom is 0.253 e. The molecule has 4 rings (SSSR count). The number of amides is 1. The number of Topliss-reactive ketones (excluding diaryl/α,β-unsaturated/α-hetero) is 1. The van der Waals surface area contributed by atoms with Crippen LogP contribution in [0.15, 0.2) is 70.3 Å². The van der Waals surface area contributed by atoms with Gasteiger partial charge in [0, 0.05) is 17.8 Å². The Labute approximate surface area is 179 Å². The Balaban J connectivity index is 1.66. The third kappa shape index (κ3) is 3.94. The molecular weight excluding hydrogens is 420 g/mol. The highest BCUT2D eigenvalue weighted by atomic mass is 32.2. The molecule has 1 amide bonds. The number of anilines is 1. The van der Waals surface area contributed by atoms with Gasteiger partial charge in [-0.25, -0.2) is 8.42 Å². The van der Waals surface area contributed by atoms with Gasteiger partial charge in [-0.15, -0.1) is 11.3 Å². The molecule has 1 N–H and O–H groups in total. The van der Waals surface area contributed by atoms with Crippen LogP contribution >= 0.6 is 11.3 Å². The highest BCUT2D eigenvalue weighted by Crippen LogP contribution is 2.31. The summed E-state index contributed by atoms with van der Waals surface area (Å²) < 4.78 is 28.0. The SMILES string of the molecule is CC(=O)c1ccc(NC(=O)[C@@H]2Cc3ccccc3CN2S(=O)(=O)c2cccs2)cc1. The molecule has 0 spiro atoms. The van der Waals surface area contributed by atoms with E-state index in [2.05, 4.69) is 5.32 Å². The van der Waals surface area contributed by atoms with Crippen molar-refractivity contribution in [3.63, 3.8) is 0 Å². The minimum atomic E-state index is -3.82. The molecule has 30 heavy (non-hydrogen) atoms. The van der Waals surface area contributed by atoms with E-state index < -0.39 is 22.0 Å². The van der Waals surface area contributed by atoms with Crippen molar-refractivity contribution < 1.29 is 18.0 Å². The van der Waals surface area contributed by atoms with Gasteiger partial charge < -0.3 is 5.32 Å². The fourth-order valence-corrected chi connectivity index (χ4v) is 6.20. The molecule has 0 radical (unpaired) electrons. The third-order valence-electron chi connectivity index (χ3n) is 5.13. The molecule has 0 fully saturated rings.